The molecule has 24 heavy (non-hydrogen) atoms. The molecule has 1 saturated carbocycles. The van der Waals surface area contributed by atoms with Crippen LogP contribution >= 0.6 is 0 Å². The molecule has 3 rings (SSSR count). The van der Waals surface area contributed by atoms with Crippen molar-refractivity contribution in [3.05, 3.63) is 65.7 Å². The first-order valence-corrected chi connectivity index (χ1v) is 9.94. The Morgan fingerprint density at radius 2 is 1.58 bits per heavy atom. The van der Waals surface area contributed by atoms with Gasteiger partial charge in [0.15, 0.2) is 0 Å². The van der Waals surface area contributed by atoms with Crippen LogP contribution in [-0.4, -0.2) is 15.0 Å². The highest BCUT2D eigenvalue weighted by atomic mass is 32.2. The van der Waals surface area contributed by atoms with E-state index in [-0.39, 0.29) is 16.9 Å². The Labute approximate surface area is 144 Å². The van der Waals surface area contributed by atoms with Crippen molar-refractivity contribution in [2.45, 2.75) is 49.3 Å². The first-order chi connectivity index (χ1) is 11.5. The average Bonchev–Trinajstić information content (AvgIpc) is 3.06. The van der Waals surface area contributed by atoms with Crippen LogP contribution in [0.5, 0.6) is 0 Å². The van der Waals surface area contributed by atoms with Crippen LogP contribution in [0.1, 0.15) is 43.2 Å². The van der Waals surface area contributed by atoms with Crippen LogP contribution in [-0.2, 0) is 19.7 Å². The van der Waals surface area contributed by atoms with Gasteiger partial charge in [-0.2, -0.15) is 8.42 Å². The van der Waals surface area contributed by atoms with E-state index < -0.39 is 10.1 Å². The summed E-state index contributed by atoms with van der Waals surface area (Å²) in [5.41, 5.74) is 2.39. The average molecular weight is 344 g/mol. The minimum atomic E-state index is -3.68. The maximum atomic E-state index is 12.3. The molecule has 0 amide bonds. The Morgan fingerprint density at radius 1 is 0.958 bits per heavy atom. The van der Waals surface area contributed by atoms with Crippen molar-refractivity contribution in [2.24, 2.45) is 0 Å². The number of hydrogen-bond acceptors (Lipinski definition) is 3. The third-order valence-corrected chi connectivity index (χ3v) is 6.40. The van der Waals surface area contributed by atoms with E-state index in [2.05, 4.69) is 24.3 Å². The van der Waals surface area contributed by atoms with Gasteiger partial charge < -0.3 is 0 Å². The smallest absolute Gasteiger partial charge is 0.266 e. The quantitative estimate of drug-likeness (QED) is 0.719. The predicted molar refractivity (Wildman–Crippen MR) is 95.5 cm³/mol. The monoisotopic (exact) mass is 344 g/mol. The summed E-state index contributed by atoms with van der Waals surface area (Å²) in [7, 11) is -3.68. The lowest BCUT2D eigenvalue weighted by atomic mass is 9.76. The second-order valence-electron chi connectivity index (χ2n) is 6.69. The van der Waals surface area contributed by atoms with Gasteiger partial charge in [0.1, 0.15) is 0 Å². The molecule has 2 aromatic carbocycles. The van der Waals surface area contributed by atoms with Crippen LogP contribution in [0.25, 0.3) is 0 Å². The summed E-state index contributed by atoms with van der Waals surface area (Å²) in [6.45, 7) is 2.16. The molecule has 0 aliphatic heterocycles. The van der Waals surface area contributed by atoms with Crippen LogP contribution in [0.15, 0.2) is 59.5 Å². The Morgan fingerprint density at radius 3 is 2.21 bits per heavy atom. The molecule has 0 N–H and O–H groups in total. The van der Waals surface area contributed by atoms with Crippen LogP contribution in [0.4, 0.5) is 0 Å². The molecule has 0 unspecified atom stereocenters. The van der Waals surface area contributed by atoms with Crippen molar-refractivity contribution in [1.82, 2.24) is 0 Å². The van der Waals surface area contributed by atoms with E-state index in [1.807, 2.05) is 13.0 Å². The molecule has 1 fully saturated rings. The van der Waals surface area contributed by atoms with Crippen LogP contribution < -0.4 is 0 Å². The van der Waals surface area contributed by atoms with E-state index in [0.717, 1.165) is 24.8 Å². The Hall–Kier alpha value is -1.65. The summed E-state index contributed by atoms with van der Waals surface area (Å²) in [4.78, 5) is 0.230. The summed E-state index contributed by atoms with van der Waals surface area (Å²) < 4.78 is 30.0. The van der Waals surface area contributed by atoms with Gasteiger partial charge in [-0.25, -0.2) is 0 Å². The molecule has 0 spiro atoms. The van der Waals surface area contributed by atoms with E-state index in [9.17, 15) is 8.42 Å². The standard InChI is InChI=1S/C20H24O3S/c1-17-9-11-19(12-10-17)24(21,22)23-16-15-20(13-5-6-14-20)18-7-3-2-4-8-18/h2-4,7-12H,5-6,13-16H2,1H3. The van der Waals surface area contributed by atoms with E-state index >= 15 is 0 Å². The summed E-state index contributed by atoms with van der Waals surface area (Å²) in [5.74, 6) is 0. The Bertz CT molecular complexity index is 758. The molecule has 0 atom stereocenters. The van der Waals surface area contributed by atoms with E-state index in [1.165, 1.54) is 18.4 Å². The van der Waals surface area contributed by atoms with Gasteiger partial charge in [-0.15, -0.1) is 0 Å². The fourth-order valence-electron chi connectivity index (χ4n) is 3.65. The van der Waals surface area contributed by atoms with Crippen LogP contribution in [0.3, 0.4) is 0 Å². The van der Waals surface area contributed by atoms with Crippen molar-refractivity contribution in [3.63, 3.8) is 0 Å². The lowest BCUT2D eigenvalue weighted by Crippen LogP contribution is -2.25. The van der Waals surface area contributed by atoms with Gasteiger partial charge in [-0.1, -0.05) is 60.9 Å². The molecule has 128 valence electrons. The van der Waals surface area contributed by atoms with E-state index in [0.29, 0.717) is 0 Å². The minimum absolute atomic E-state index is 0.0596. The van der Waals surface area contributed by atoms with Crippen LogP contribution in [0, 0.1) is 6.92 Å². The third-order valence-electron chi connectivity index (χ3n) is 5.08. The first-order valence-electron chi connectivity index (χ1n) is 8.54. The molecule has 1 aliphatic carbocycles. The largest absolute Gasteiger partial charge is 0.296 e. The lowest BCUT2D eigenvalue weighted by molar-refractivity contribution is 0.260. The lowest BCUT2D eigenvalue weighted by Gasteiger charge is -2.29. The van der Waals surface area contributed by atoms with Gasteiger partial charge in [0, 0.05) is 0 Å². The fraction of sp³-hybridized carbons (Fsp3) is 0.400. The zero-order valence-corrected chi connectivity index (χ0v) is 14.9. The van der Waals surface area contributed by atoms with E-state index in [1.54, 1.807) is 24.3 Å². The van der Waals surface area contributed by atoms with Gasteiger partial charge in [0.25, 0.3) is 10.1 Å². The van der Waals surface area contributed by atoms with Crippen molar-refractivity contribution in [2.75, 3.05) is 6.61 Å². The highest BCUT2D eigenvalue weighted by Crippen LogP contribution is 2.43. The summed E-state index contributed by atoms with van der Waals surface area (Å²) in [5, 5.41) is 0. The third kappa shape index (κ3) is 3.70. The zero-order chi connectivity index (χ0) is 17.0. The van der Waals surface area contributed by atoms with Gasteiger partial charge in [-0.3, -0.25) is 4.18 Å². The Balaban J connectivity index is 1.69. The second-order valence-corrected chi connectivity index (χ2v) is 8.31. The molecule has 0 radical (unpaired) electrons. The number of aryl methyl sites for hydroxylation is 1. The van der Waals surface area contributed by atoms with Gasteiger partial charge in [0.2, 0.25) is 0 Å². The Kier molecular flexibility index (Phi) is 5.07. The SMILES string of the molecule is Cc1ccc(S(=O)(=O)OCCC2(c3ccccc3)CCCC2)cc1. The topological polar surface area (TPSA) is 43.4 Å². The van der Waals surface area contributed by atoms with E-state index in [4.69, 9.17) is 4.18 Å². The molecule has 0 aromatic heterocycles. The van der Waals surface area contributed by atoms with Crippen molar-refractivity contribution < 1.29 is 12.6 Å². The molecule has 4 heteroatoms. The summed E-state index contributed by atoms with van der Waals surface area (Å²) in [6, 6.07) is 17.2. The molecule has 2 aromatic rings. The molecular weight excluding hydrogens is 320 g/mol. The minimum Gasteiger partial charge on any atom is -0.266 e. The van der Waals surface area contributed by atoms with Crippen LogP contribution in [0.2, 0.25) is 0 Å². The molecule has 0 saturated heterocycles. The molecular formula is C20H24O3S. The summed E-state index contributed by atoms with van der Waals surface area (Å²) >= 11 is 0. The normalized spacial score (nSPS) is 17.0. The fourth-order valence-corrected chi connectivity index (χ4v) is 4.55. The van der Waals surface area contributed by atoms with Gasteiger partial charge in [0.05, 0.1) is 11.5 Å². The van der Waals surface area contributed by atoms with Crippen molar-refractivity contribution in [3.8, 4) is 0 Å². The maximum absolute atomic E-state index is 12.3. The highest BCUT2D eigenvalue weighted by molar-refractivity contribution is 7.86. The molecule has 0 bridgehead atoms. The number of rotatable bonds is 6. The highest BCUT2D eigenvalue weighted by Gasteiger charge is 2.35. The molecule has 1 aliphatic rings. The van der Waals surface area contributed by atoms with Crippen molar-refractivity contribution in [1.29, 1.82) is 0 Å². The first kappa shape index (κ1) is 17.2. The predicted octanol–water partition coefficient (Wildman–Crippen LogP) is 4.60. The maximum Gasteiger partial charge on any atom is 0.296 e. The molecule has 0 heterocycles. The number of hydrogen-bond donors (Lipinski definition) is 0. The zero-order valence-electron chi connectivity index (χ0n) is 14.1. The van der Waals surface area contributed by atoms with Gasteiger partial charge in [-0.05, 0) is 49.3 Å². The summed E-state index contributed by atoms with van der Waals surface area (Å²) in [6.07, 6.45) is 5.33. The molecule has 3 nitrogen and oxygen atoms in total. The van der Waals surface area contributed by atoms with Crippen molar-refractivity contribution >= 4 is 10.1 Å². The second kappa shape index (κ2) is 7.08. The van der Waals surface area contributed by atoms with Gasteiger partial charge >= 0.3 is 0 Å². The number of benzene rings is 2.